The predicted octanol–water partition coefficient (Wildman–Crippen LogP) is 2.07. The lowest BCUT2D eigenvalue weighted by atomic mass is 9.98. The van der Waals surface area contributed by atoms with E-state index in [1.54, 1.807) is 24.3 Å². The van der Waals surface area contributed by atoms with Gasteiger partial charge in [0.2, 0.25) is 5.91 Å². The lowest BCUT2D eigenvalue weighted by molar-refractivity contribution is -0.179. The van der Waals surface area contributed by atoms with Gasteiger partial charge in [-0.05, 0) is 19.9 Å². The van der Waals surface area contributed by atoms with Gasteiger partial charge in [0.05, 0.1) is 5.56 Å². The number of nitrogens with zero attached hydrogens (tertiary/aromatic N) is 1. The molecule has 3 aliphatic heterocycles. The van der Waals surface area contributed by atoms with E-state index in [-0.39, 0.29) is 11.3 Å². The lowest BCUT2D eigenvalue weighted by Crippen LogP contribution is -2.63. The van der Waals surface area contributed by atoms with Crippen LogP contribution in [0.25, 0.3) is 0 Å². The maximum absolute atomic E-state index is 12.7. The smallest absolute Gasteiger partial charge is 0.342 e. The molecule has 4 rings (SSSR count). The fourth-order valence-electron chi connectivity index (χ4n) is 3.32. The number of rotatable bonds is 2. The summed E-state index contributed by atoms with van der Waals surface area (Å²) in [5.41, 5.74) is 0.898. The van der Waals surface area contributed by atoms with Crippen LogP contribution < -0.4 is 0 Å². The molecule has 4 atom stereocenters. The normalized spacial score (nSPS) is 32.7. The first kappa shape index (κ1) is 15.8. The Morgan fingerprint density at radius 1 is 1.33 bits per heavy atom. The number of fused-ring (bicyclic) bond motifs is 2. The number of thioether (sulfide) groups is 1. The van der Waals surface area contributed by atoms with Gasteiger partial charge in [-0.2, -0.15) is 0 Å². The molecular weight excluding hydrogens is 354 g/mol. The van der Waals surface area contributed by atoms with Gasteiger partial charge in [0, 0.05) is 10.3 Å². The standard InChI is InChI=1S/C16H14ClNO5S/c1-16(2)10(18-11(19)9(17)12(18)24-16)14(21)23-15-8-6-4-3-5-7(8)13(20)22-15/h3-6,9-10,12,15H,1-2H3/t9-,10-,12+,15?/m0/s1. The van der Waals surface area contributed by atoms with Gasteiger partial charge in [-0.25, -0.2) is 9.59 Å². The molecule has 24 heavy (non-hydrogen) atoms. The Labute approximate surface area is 147 Å². The van der Waals surface area contributed by atoms with E-state index in [0.717, 1.165) is 0 Å². The molecule has 1 amide bonds. The number of hydrogen-bond donors (Lipinski definition) is 0. The molecule has 2 saturated heterocycles. The number of alkyl halides is 1. The second-order valence-corrected chi connectivity index (χ2v) is 8.66. The van der Waals surface area contributed by atoms with Crippen LogP contribution in [-0.4, -0.2) is 44.3 Å². The minimum Gasteiger partial charge on any atom is -0.419 e. The average molecular weight is 368 g/mol. The van der Waals surface area contributed by atoms with Crippen LogP contribution in [0.1, 0.15) is 36.1 Å². The molecule has 0 N–H and O–H groups in total. The van der Waals surface area contributed by atoms with Crippen LogP contribution in [0.3, 0.4) is 0 Å². The van der Waals surface area contributed by atoms with Gasteiger partial charge in [-0.1, -0.05) is 18.2 Å². The maximum atomic E-state index is 12.7. The van der Waals surface area contributed by atoms with Crippen molar-refractivity contribution in [2.45, 2.75) is 41.7 Å². The van der Waals surface area contributed by atoms with E-state index in [1.807, 2.05) is 13.8 Å². The number of amides is 1. The molecule has 0 spiro atoms. The van der Waals surface area contributed by atoms with Crippen LogP contribution >= 0.6 is 23.4 Å². The number of benzene rings is 1. The molecule has 6 nitrogen and oxygen atoms in total. The summed E-state index contributed by atoms with van der Waals surface area (Å²) in [6.45, 7) is 3.74. The summed E-state index contributed by atoms with van der Waals surface area (Å²) in [5, 5.41) is -0.845. The van der Waals surface area contributed by atoms with Crippen molar-refractivity contribution >= 4 is 41.2 Å². The van der Waals surface area contributed by atoms with Crippen molar-refractivity contribution in [1.82, 2.24) is 4.90 Å². The van der Waals surface area contributed by atoms with Gasteiger partial charge >= 0.3 is 11.9 Å². The fourth-order valence-corrected chi connectivity index (χ4v) is 5.24. The van der Waals surface area contributed by atoms with E-state index in [4.69, 9.17) is 21.1 Å². The van der Waals surface area contributed by atoms with Crippen LogP contribution in [0.15, 0.2) is 24.3 Å². The van der Waals surface area contributed by atoms with Crippen LogP contribution in [0, 0.1) is 0 Å². The van der Waals surface area contributed by atoms with Crippen LogP contribution in [0.4, 0.5) is 0 Å². The third kappa shape index (κ3) is 2.07. The fraction of sp³-hybridized carbons (Fsp3) is 0.438. The number of halogens is 1. The summed E-state index contributed by atoms with van der Waals surface area (Å²) in [5.74, 6) is -1.39. The van der Waals surface area contributed by atoms with Crippen molar-refractivity contribution < 1.29 is 23.9 Å². The molecule has 0 bridgehead atoms. The van der Waals surface area contributed by atoms with E-state index in [2.05, 4.69) is 0 Å². The van der Waals surface area contributed by atoms with E-state index < -0.39 is 34.4 Å². The Kier molecular flexibility index (Phi) is 3.37. The minimum absolute atomic E-state index is 0.231. The first-order valence-corrected chi connectivity index (χ1v) is 8.77. The summed E-state index contributed by atoms with van der Waals surface area (Å²) in [6.07, 6.45) is -1.08. The van der Waals surface area contributed by atoms with E-state index in [0.29, 0.717) is 11.1 Å². The zero-order valence-electron chi connectivity index (χ0n) is 12.9. The first-order valence-electron chi connectivity index (χ1n) is 7.46. The predicted molar refractivity (Wildman–Crippen MR) is 86.4 cm³/mol. The highest BCUT2D eigenvalue weighted by Crippen LogP contribution is 2.52. The zero-order chi connectivity index (χ0) is 17.2. The van der Waals surface area contributed by atoms with Gasteiger partial charge in [-0.3, -0.25) is 4.79 Å². The lowest BCUT2D eigenvalue weighted by Gasteiger charge is -2.41. The van der Waals surface area contributed by atoms with Crippen LogP contribution in [0.2, 0.25) is 0 Å². The van der Waals surface area contributed by atoms with E-state index in [9.17, 15) is 14.4 Å². The van der Waals surface area contributed by atoms with Gasteiger partial charge in [-0.15, -0.1) is 23.4 Å². The van der Waals surface area contributed by atoms with Crippen molar-refractivity contribution in [3.63, 3.8) is 0 Å². The molecule has 2 fully saturated rings. The molecule has 3 aliphatic rings. The Hall–Kier alpha value is -1.73. The highest BCUT2D eigenvalue weighted by atomic mass is 35.5. The molecule has 0 radical (unpaired) electrons. The van der Waals surface area contributed by atoms with Crippen molar-refractivity contribution in [1.29, 1.82) is 0 Å². The van der Waals surface area contributed by atoms with Crippen molar-refractivity contribution in [2.24, 2.45) is 0 Å². The quantitative estimate of drug-likeness (QED) is 0.452. The number of hydrogen-bond acceptors (Lipinski definition) is 6. The third-order valence-electron chi connectivity index (χ3n) is 4.47. The summed E-state index contributed by atoms with van der Waals surface area (Å²) in [7, 11) is 0. The Morgan fingerprint density at radius 3 is 2.79 bits per heavy atom. The van der Waals surface area contributed by atoms with E-state index in [1.165, 1.54) is 16.7 Å². The number of β-lactam (4-membered cyclic amide) rings is 1. The Balaban J connectivity index is 1.57. The van der Waals surface area contributed by atoms with Gasteiger partial charge in [0.15, 0.2) is 0 Å². The van der Waals surface area contributed by atoms with Gasteiger partial charge in [0.1, 0.15) is 16.8 Å². The summed E-state index contributed by atoms with van der Waals surface area (Å²) >= 11 is 7.50. The second-order valence-electron chi connectivity index (χ2n) is 6.42. The summed E-state index contributed by atoms with van der Waals surface area (Å²) in [4.78, 5) is 38.0. The SMILES string of the molecule is CC1(C)S[C@@H]2[C@@H](Cl)C(=O)N2[C@H]1C(=O)OC1OC(=O)c2ccccc21. The number of esters is 2. The minimum atomic E-state index is -1.08. The molecule has 8 heteroatoms. The molecule has 1 aromatic carbocycles. The average Bonchev–Trinajstić information content (AvgIpc) is 3.00. The zero-order valence-corrected chi connectivity index (χ0v) is 14.5. The molecule has 3 heterocycles. The van der Waals surface area contributed by atoms with Gasteiger partial charge < -0.3 is 14.4 Å². The molecule has 0 aromatic heterocycles. The molecular formula is C16H14ClNO5S. The second kappa shape index (κ2) is 5.13. The summed E-state index contributed by atoms with van der Waals surface area (Å²) < 4.78 is 10.0. The topological polar surface area (TPSA) is 72.9 Å². The highest BCUT2D eigenvalue weighted by molar-refractivity contribution is 8.01. The number of carbonyl (C=O) groups excluding carboxylic acids is 3. The van der Waals surface area contributed by atoms with Crippen LogP contribution in [0.5, 0.6) is 0 Å². The number of carbonyl (C=O) groups is 3. The van der Waals surface area contributed by atoms with E-state index >= 15 is 0 Å². The third-order valence-corrected chi connectivity index (χ3v) is 6.62. The van der Waals surface area contributed by atoms with Crippen molar-refractivity contribution in [2.75, 3.05) is 0 Å². The monoisotopic (exact) mass is 367 g/mol. The van der Waals surface area contributed by atoms with Gasteiger partial charge in [0.25, 0.3) is 6.29 Å². The molecule has 0 aliphatic carbocycles. The van der Waals surface area contributed by atoms with Crippen molar-refractivity contribution in [3.8, 4) is 0 Å². The Bertz CT molecular complexity index is 767. The summed E-state index contributed by atoms with van der Waals surface area (Å²) in [6, 6.07) is 5.99. The molecule has 126 valence electrons. The Morgan fingerprint density at radius 2 is 2.04 bits per heavy atom. The molecule has 1 aromatic rings. The number of cyclic esters (lactones) is 1. The molecule has 1 unspecified atom stereocenters. The largest absolute Gasteiger partial charge is 0.419 e. The number of ether oxygens (including phenoxy) is 2. The van der Waals surface area contributed by atoms with Crippen molar-refractivity contribution in [3.05, 3.63) is 35.4 Å². The maximum Gasteiger partial charge on any atom is 0.342 e. The first-order chi connectivity index (χ1) is 11.3. The molecule has 0 saturated carbocycles. The highest BCUT2D eigenvalue weighted by Gasteiger charge is 2.64. The van der Waals surface area contributed by atoms with Crippen LogP contribution in [-0.2, 0) is 19.1 Å².